The van der Waals surface area contributed by atoms with Crippen LogP contribution in [0.25, 0.3) is 11.7 Å². The van der Waals surface area contributed by atoms with E-state index in [-0.39, 0.29) is 0 Å². The summed E-state index contributed by atoms with van der Waals surface area (Å²) in [4.78, 5) is 15.1. The summed E-state index contributed by atoms with van der Waals surface area (Å²) >= 11 is 5.87. The Hall–Kier alpha value is -1.81. The number of halogens is 1. The van der Waals surface area contributed by atoms with E-state index in [0.29, 0.717) is 5.02 Å². The normalized spacial score (nSPS) is 11.1. The third-order valence-corrected chi connectivity index (χ3v) is 2.31. The zero-order valence-electron chi connectivity index (χ0n) is 8.55. The van der Waals surface area contributed by atoms with Gasteiger partial charge in [0.1, 0.15) is 5.65 Å². The molecule has 0 atom stereocenters. The first-order chi connectivity index (χ1) is 7.70. The molecule has 0 N–H and O–H groups in total. The van der Waals surface area contributed by atoms with E-state index < -0.39 is 5.97 Å². The van der Waals surface area contributed by atoms with E-state index in [1.165, 1.54) is 13.2 Å². The second-order valence-corrected chi connectivity index (χ2v) is 3.55. The molecular formula is C11H9ClN2O2. The summed E-state index contributed by atoms with van der Waals surface area (Å²) in [6.45, 7) is 0. The molecular weight excluding hydrogens is 228 g/mol. The summed E-state index contributed by atoms with van der Waals surface area (Å²) in [5.41, 5.74) is 1.54. The number of rotatable bonds is 2. The molecule has 0 aliphatic rings. The van der Waals surface area contributed by atoms with Gasteiger partial charge in [0.15, 0.2) is 0 Å². The molecule has 0 amide bonds. The van der Waals surface area contributed by atoms with Crippen LogP contribution in [0.4, 0.5) is 0 Å². The Labute approximate surface area is 97.1 Å². The Morgan fingerprint density at radius 3 is 3.12 bits per heavy atom. The lowest BCUT2D eigenvalue weighted by molar-refractivity contribution is -0.134. The van der Waals surface area contributed by atoms with E-state index in [1.54, 1.807) is 35.0 Å². The molecule has 2 rings (SSSR count). The quantitative estimate of drug-likeness (QED) is 0.593. The summed E-state index contributed by atoms with van der Waals surface area (Å²) in [6, 6.07) is 3.56. The van der Waals surface area contributed by atoms with Crippen molar-refractivity contribution in [3.63, 3.8) is 0 Å². The highest BCUT2D eigenvalue weighted by atomic mass is 35.5. The van der Waals surface area contributed by atoms with Crippen LogP contribution in [0, 0.1) is 0 Å². The van der Waals surface area contributed by atoms with Crippen molar-refractivity contribution in [1.82, 2.24) is 9.38 Å². The Bertz CT molecular complexity index is 560. The second-order valence-electron chi connectivity index (χ2n) is 3.12. The topological polar surface area (TPSA) is 43.6 Å². The Balaban J connectivity index is 2.41. The number of methoxy groups -OCH3 is 1. The molecule has 0 unspecified atom stereocenters. The predicted octanol–water partition coefficient (Wildman–Crippen LogP) is 2.17. The van der Waals surface area contributed by atoms with Crippen molar-refractivity contribution < 1.29 is 9.53 Å². The van der Waals surface area contributed by atoms with Crippen LogP contribution in [0.15, 0.2) is 30.6 Å². The first kappa shape index (κ1) is 10.7. The standard InChI is InChI=1S/C11H9ClN2O2/c1-16-11(15)5-3-9-6-13-10-4-2-8(12)7-14(9)10/h2-7H,1H3/b5-3+. The number of carbonyl (C=O) groups excluding carboxylic acids is 1. The van der Waals surface area contributed by atoms with Crippen molar-refractivity contribution in [2.45, 2.75) is 0 Å². The molecule has 0 saturated carbocycles. The summed E-state index contributed by atoms with van der Waals surface area (Å²) in [6.07, 6.45) is 6.36. The molecule has 0 fully saturated rings. The van der Waals surface area contributed by atoms with Crippen molar-refractivity contribution in [3.8, 4) is 0 Å². The molecule has 0 aromatic carbocycles. The zero-order valence-corrected chi connectivity index (χ0v) is 9.31. The number of aromatic nitrogens is 2. The van der Waals surface area contributed by atoms with Crippen LogP contribution in [-0.2, 0) is 9.53 Å². The van der Waals surface area contributed by atoms with E-state index >= 15 is 0 Å². The number of nitrogens with zero attached hydrogens (tertiary/aromatic N) is 2. The monoisotopic (exact) mass is 236 g/mol. The highest BCUT2D eigenvalue weighted by Crippen LogP contribution is 2.13. The van der Waals surface area contributed by atoms with Crippen molar-refractivity contribution in [2.24, 2.45) is 0 Å². The molecule has 2 aromatic heterocycles. The molecule has 2 aromatic rings. The number of ether oxygens (including phenoxy) is 1. The van der Waals surface area contributed by atoms with Gasteiger partial charge in [0.05, 0.1) is 24.0 Å². The number of esters is 1. The summed E-state index contributed by atoms with van der Waals surface area (Å²) in [5, 5.41) is 0.609. The molecule has 82 valence electrons. The smallest absolute Gasteiger partial charge is 0.330 e. The minimum Gasteiger partial charge on any atom is -0.466 e. The lowest BCUT2D eigenvalue weighted by atomic mass is 10.4. The van der Waals surface area contributed by atoms with Gasteiger partial charge in [0.25, 0.3) is 0 Å². The largest absolute Gasteiger partial charge is 0.466 e. The van der Waals surface area contributed by atoms with Gasteiger partial charge in [0, 0.05) is 12.3 Å². The number of carbonyl (C=O) groups is 1. The van der Waals surface area contributed by atoms with Crippen LogP contribution in [0.2, 0.25) is 5.02 Å². The van der Waals surface area contributed by atoms with Gasteiger partial charge in [0.2, 0.25) is 0 Å². The molecule has 2 heterocycles. The van der Waals surface area contributed by atoms with Crippen LogP contribution >= 0.6 is 11.6 Å². The van der Waals surface area contributed by atoms with Gasteiger partial charge in [-0.2, -0.15) is 0 Å². The van der Waals surface area contributed by atoms with E-state index in [2.05, 4.69) is 9.72 Å². The van der Waals surface area contributed by atoms with Crippen molar-refractivity contribution in [2.75, 3.05) is 7.11 Å². The number of hydrogen-bond donors (Lipinski definition) is 0. The van der Waals surface area contributed by atoms with Crippen molar-refractivity contribution >= 4 is 29.3 Å². The predicted molar refractivity (Wildman–Crippen MR) is 61.3 cm³/mol. The fourth-order valence-corrected chi connectivity index (χ4v) is 1.48. The third-order valence-electron chi connectivity index (χ3n) is 2.09. The first-order valence-electron chi connectivity index (χ1n) is 4.59. The maximum Gasteiger partial charge on any atom is 0.330 e. The highest BCUT2D eigenvalue weighted by Gasteiger charge is 2.01. The lowest BCUT2D eigenvalue weighted by Gasteiger charge is -1.97. The van der Waals surface area contributed by atoms with Crippen molar-refractivity contribution in [3.05, 3.63) is 41.3 Å². The molecule has 0 radical (unpaired) electrons. The maximum atomic E-state index is 10.9. The number of imidazole rings is 1. The second kappa shape index (κ2) is 4.37. The van der Waals surface area contributed by atoms with Crippen LogP contribution in [0.1, 0.15) is 5.69 Å². The van der Waals surface area contributed by atoms with E-state index in [4.69, 9.17) is 11.6 Å². The summed E-state index contributed by atoms with van der Waals surface area (Å²) < 4.78 is 6.30. The van der Waals surface area contributed by atoms with Gasteiger partial charge in [-0.25, -0.2) is 9.78 Å². The van der Waals surface area contributed by atoms with Gasteiger partial charge >= 0.3 is 5.97 Å². The molecule has 0 spiro atoms. The number of pyridine rings is 1. The molecule has 4 nitrogen and oxygen atoms in total. The lowest BCUT2D eigenvalue weighted by Crippen LogP contribution is -1.94. The van der Waals surface area contributed by atoms with Crippen LogP contribution in [0.5, 0.6) is 0 Å². The van der Waals surface area contributed by atoms with Crippen LogP contribution in [-0.4, -0.2) is 22.5 Å². The van der Waals surface area contributed by atoms with E-state index in [0.717, 1.165) is 11.3 Å². The van der Waals surface area contributed by atoms with E-state index in [9.17, 15) is 4.79 Å². The Morgan fingerprint density at radius 2 is 2.38 bits per heavy atom. The molecule has 5 heteroatoms. The average molecular weight is 237 g/mol. The molecule has 0 aliphatic heterocycles. The molecule has 0 bridgehead atoms. The van der Waals surface area contributed by atoms with Crippen LogP contribution in [0.3, 0.4) is 0 Å². The van der Waals surface area contributed by atoms with Gasteiger partial charge in [-0.3, -0.25) is 4.40 Å². The molecule has 0 aliphatic carbocycles. The fourth-order valence-electron chi connectivity index (χ4n) is 1.32. The SMILES string of the molecule is COC(=O)/C=C/c1cnc2ccc(Cl)cn12. The summed E-state index contributed by atoms with van der Waals surface area (Å²) in [5.74, 6) is -0.406. The van der Waals surface area contributed by atoms with Gasteiger partial charge in [-0.1, -0.05) is 11.6 Å². The highest BCUT2D eigenvalue weighted by molar-refractivity contribution is 6.30. The van der Waals surface area contributed by atoms with E-state index in [1.807, 2.05) is 0 Å². The number of hydrogen-bond acceptors (Lipinski definition) is 3. The van der Waals surface area contributed by atoms with Crippen LogP contribution < -0.4 is 0 Å². The van der Waals surface area contributed by atoms with Gasteiger partial charge in [-0.15, -0.1) is 0 Å². The first-order valence-corrected chi connectivity index (χ1v) is 4.97. The van der Waals surface area contributed by atoms with Gasteiger partial charge < -0.3 is 4.74 Å². The Morgan fingerprint density at radius 1 is 1.56 bits per heavy atom. The summed E-state index contributed by atoms with van der Waals surface area (Å²) in [7, 11) is 1.33. The van der Waals surface area contributed by atoms with Crippen molar-refractivity contribution in [1.29, 1.82) is 0 Å². The third kappa shape index (κ3) is 2.06. The minimum absolute atomic E-state index is 0.406. The van der Waals surface area contributed by atoms with Gasteiger partial charge in [-0.05, 0) is 18.2 Å². The maximum absolute atomic E-state index is 10.9. The molecule has 16 heavy (non-hydrogen) atoms. The molecule has 0 saturated heterocycles. The number of fused-ring (bicyclic) bond motifs is 1. The fraction of sp³-hybridized carbons (Fsp3) is 0.0909. The minimum atomic E-state index is -0.406. The average Bonchev–Trinajstić information content (AvgIpc) is 2.68. The Kier molecular flexibility index (Phi) is 2.92. The zero-order chi connectivity index (χ0) is 11.5.